The molecule has 5 nitrogen and oxygen atoms in total. The van der Waals surface area contributed by atoms with Crippen LogP contribution < -0.4 is 14.2 Å². The number of nitrogens with zero attached hydrogens (tertiary/aromatic N) is 1. The van der Waals surface area contributed by atoms with Gasteiger partial charge in [0.1, 0.15) is 0 Å². The minimum absolute atomic E-state index is 0.220. The molecule has 0 saturated carbocycles. The lowest BCUT2D eigenvalue weighted by Gasteiger charge is -2.42. The van der Waals surface area contributed by atoms with Crippen molar-refractivity contribution in [1.82, 2.24) is 4.90 Å². The Morgan fingerprint density at radius 2 is 1.80 bits per heavy atom. The fourth-order valence-corrected chi connectivity index (χ4v) is 4.17. The minimum atomic E-state index is 0.220. The van der Waals surface area contributed by atoms with E-state index in [1.807, 2.05) is 18.2 Å². The summed E-state index contributed by atoms with van der Waals surface area (Å²) in [4.78, 5) is 2.48. The standard InChI is InChI=1S/C20H23NO4/c1-23-18-5-4-12-8-16-14-10-19(24-2)17(22)9-13(14)6-7-21(16)11-15(12)20(18)25-3/h4-5,9-10,16,22H,6-8,11H2,1-3H3/t16-/m1/s1. The average Bonchev–Trinajstić information content (AvgIpc) is 2.64. The van der Waals surface area contributed by atoms with Gasteiger partial charge in [0.15, 0.2) is 23.0 Å². The molecule has 2 aromatic carbocycles. The summed E-state index contributed by atoms with van der Waals surface area (Å²) in [5, 5.41) is 10.1. The second kappa shape index (κ2) is 6.15. The summed E-state index contributed by atoms with van der Waals surface area (Å²) in [5.74, 6) is 2.38. The second-order valence-electron chi connectivity index (χ2n) is 6.60. The third kappa shape index (κ3) is 2.50. The lowest BCUT2D eigenvalue weighted by molar-refractivity contribution is 0.157. The second-order valence-corrected chi connectivity index (χ2v) is 6.60. The van der Waals surface area contributed by atoms with Gasteiger partial charge in [0, 0.05) is 24.7 Å². The first-order valence-corrected chi connectivity index (χ1v) is 8.52. The van der Waals surface area contributed by atoms with Gasteiger partial charge in [-0.1, -0.05) is 6.07 Å². The molecule has 132 valence electrons. The van der Waals surface area contributed by atoms with Gasteiger partial charge in [-0.05, 0) is 47.7 Å². The molecule has 0 fully saturated rings. The van der Waals surface area contributed by atoms with Crippen molar-refractivity contribution in [2.45, 2.75) is 25.4 Å². The van der Waals surface area contributed by atoms with Crippen LogP contribution in [0.3, 0.4) is 0 Å². The van der Waals surface area contributed by atoms with Gasteiger partial charge >= 0.3 is 0 Å². The Hall–Kier alpha value is -2.40. The number of benzene rings is 2. The van der Waals surface area contributed by atoms with E-state index >= 15 is 0 Å². The highest BCUT2D eigenvalue weighted by molar-refractivity contribution is 5.54. The Morgan fingerprint density at radius 1 is 1.00 bits per heavy atom. The highest BCUT2D eigenvalue weighted by Gasteiger charge is 2.34. The fraction of sp³-hybridized carbons (Fsp3) is 0.400. The van der Waals surface area contributed by atoms with Crippen LogP contribution in [0.1, 0.15) is 28.3 Å². The Balaban J connectivity index is 1.77. The van der Waals surface area contributed by atoms with Crippen LogP contribution in [0.5, 0.6) is 23.0 Å². The molecule has 0 saturated heterocycles. The van der Waals surface area contributed by atoms with Crippen molar-refractivity contribution in [3.05, 3.63) is 46.5 Å². The molecule has 1 atom stereocenters. The lowest BCUT2D eigenvalue weighted by Crippen LogP contribution is -2.39. The minimum Gasteiger partial charge on any atom is -0.504 e. The molecule has 0 amide bonds. The smallest absolute Gasteiger partial charge is 0.165 e. The maximum atomic E-state index is 10.1. The zero-order valence-corrected chi connectivity index (χ0v) is 14.8. The number of hydrogen-bond donors (Lipinski definition) is 1. The molecular formula is C20H23NO4. The molecule has 2 aliphatic rings. The Morgan fingerprint density at radius 3 is 2.52 bits per heavy atom. The predicted octanol–water partition coefficient (Wildman–Crippen LogP) is 3.07. The number of ether oxygens (including phenoxy) is 3. The van der Waals surface area contributed by atoms with E-state index in [9.17, 15) is 5.11 Å². The molecule has 25 heavy (non-hydrogen) atoms. The van der Waals surface area contributed by atoms with Crippen molar-refractivity contribution in [3.8, 4) is 23.0 Å². The van der Waals surface area contributed by atoms with E-state index in [0.717, 1.165) is 37.4 Å². The number of fused-ring (bicyclic) bond motifs is 4. The van der Waals surface area contributed by atoms with Crippen molar-refractivity contribution in [2.24, 2.45) is 0 Å². The predicted molar refractivity (Wildman–Crippen MR) is 94.8 cm³/mol. The van der Waals surface area contributed by atoms with Gasteiger partial charge in [-0.25, -0.2) is 0 Å². The molecule has 0 aromatic heterocycles. The molecule has 0 radical (unpaired) electrons. The molecule has 2 aliphatic heterocycles. The van der Waals surface area contributed by atoms with Crippen LogP contribution in [-0.4, -0.2) is 37.9 Å². The van der Waals surface area contributed by atoms with Gasteiger partial charge in [-0.15, -0.1) is 0 Å². The average molecular weight is 341 g/mol. The molecule has 0 bridgehead atoms. The molecular weight excluding hydrogens is 318 g/mol. The number of aromatic hydroxyl groups is 1. The number of phenolic OH excluding ortho intramolecular Hbond substituents is 1. The third-order valence-electron chi connectivity index (χ3n) is 5.43. The first-order chi connectivity index (χ1) is 12.2. The summed E-state index contributed by atoms with van der Waals surface area (Å²) in [6.07, 6.45) is 1.83. The van der Waals surface area contributed by atoms with E-state index in [0.29, 0.717) is 11.8 Å². The van der Waals surface area contributed by atoms with Crippen LogP contribution in [0, 0.1) is 0 Å². The van der Waals surface area contributed by atoms with Crippen molar-refractivity contribution in [3.63, 3.8) is 0 Å². The summed E-state index contributed by atoms with van der Waals surface area (Å²) >= 11 is 0. The molecule has 4 rings (SSSR count). The normalized spacial score (nSPS) is 18.8. The zero-order valence-electron chi connectivity index (χ0n) is 14.8. The molecule has 0 unspecified atom stereocenters. The largest absolute Gasteiger partial charge is 0.504 e. The Kier molecular flexibility index (Phi) is 3.96. The van der Waals surface area contributed by atoms with Crippen LogP contribution in [0.15, 0.2) is 24.3 Å². The van der Waals surface area contributed by atoms with Crippen molar-refractivity contribution in [2.75, 3.05) is 27.9 Å². The topological polar surface area (TPSA) is 51.2 Å². The van der Waals surface area contributed by atoms with E-state index in [1.54, 1.807) is 21.3 Å². The lowest BCUT2D eigenvalue weighted by atomic mass is 9.83. The van der Waals surface area contributed by atoms with E-state index in [-0.39, 0.29) is 5.75 Å². The monoisotopic (exact) mass is 341 g/mol. The molecule has 0 aliphatic carbocycles. The summed E-state index contributed by atoms with van der Waals surface area (Å²) in [5.41, 5.74) is 4.97. The molecule has 2 aromatic rings. The van der Waals surface area contributed by atoms with Gasteiger partial charge in [-0.3, -0.25) is 4.90 Å². The first kappa shape index (κ1) is 16.1. The van der Waals surface area contributed by atoms with Crippen LogP contribution in [0.2, 0.25) is 0 Å². The van der Waals surface area contributed by atoms with E-state index in [1.165, 1.54) is 22.3 Å². The van der Waals surface area contributed by atoms with Crippen LogP contribution in [-0.2, 0) is 19.4 Å². The molecule has 5 heteroatoms. The maximum absolute atomic E-state index is 10.1. The van der Waals surface area contributed by atoms with Crippen molar-refractivity contribution < 1.29 is 19.3 Å². The van der Waals surface area contributed by atoms with E-state index in [2.05, 4.69) is 11.0 Å². The van der Waals surface area contributed by atoms with Gasteiger partial charge in [0.25, 0.3) is 0 Å². The zero-order chi connectivity index (χ0) is 17.6. The maximum Gasteiger partial charge on any atom is 0.165 e. The Labute approximate surface area is 147 Å². The number of methoxy groups -OCH3 is 3. The summed E-state index contributed by atoms with van der Waals surface area (Å²) in [7, 11) is 4.96. The summed E-state index contributed by atoms with van der Waals surface area (Å²) in [6.45, 7) is 1.80. The SMILES string of the molecule is COc1cc2c(cc1O)CCN1Cc3c(ccc(OC)c3OC)C[C@H]21. The third-order valence-corrected chi connectivity index (χ3v) is 5.43. The first-order valence-electron chi connectivity index (χ1n) is 8.52. The van der Waals surface area contributed by atoms with Crippen LogP contribution in [0.25, 0.3) is 0 Å². The highest BCUT2D eigenvalue weighted by Crippen LogP contribution is 2.45. The van der Waals surface area contributed by atoms with Gasteiger partial charge < -0.3 is 19.3 Å². The van der Waals surface area contributed by atoms with E-state index in [4.69, 9.17) is 14.2 Å². The quantitative estimate of drug-likeness (QED) is 0.930. The van der Waals surface area contributed by atoms with Crippen LogP contribution in [0.4, 0.5) is 0 Å². The van der Waals surface area contributed by atoms with E-state index < -0.39 is 0 Å². The van der Waals surface area contributed by atoms with Crippen LogP contribution >= 0.6 is 0 Å². The van der Waals surface area contributed by atoms with Gasteiger partial charge in [0.2, 0.25) is 0 Å². The fourth-order valence-electron chi connectivity index (χ4n) is 4.17. The highest BCUT2D eigenvalue weighted by atomic mass is 16.5. The summed E-state index contributed by atoms with van der Waals surface area (Å²) < 4.78 is 16.4. The molecule has 2 heterocycles. The Bertz CT molecular complexity index is 818. The van der Waals surface area contributed by atoms with Gasteiger partial charge in [-0.2, -0.15) is 0 Å². The molecule has 1 N–H and O–H groups in total. The summed E-state index contributed by atoms with van der Waals surface area (Å²) in [6, 6.07) is 8.26. The van der Waals surface area contributed by atoms with Crippen molar-refractivity contribution >= 4 is 0 Å². The number of rotatable bonds is 3. The number of phenols is 1. The van der Waals surface area contributed by atoms with Crippen molar-refractivity contribution in [1.29, 1.82) is 0 Å². The molecule has 0 spiro atoms. The number of hydrogen-bond acceptors (Lipinski definition) is 5. The van der Waals surface area contributed by atoms with Gasteiger partial charge in [0.05, 0.1) is 21.3 Å².